The molecule has 1 unspecified atom stereocenters. The number of hydrogen-bond donors (Lipinski definition) is 1. The lowest BCUT2D eigenvalue weighted by molar-refractivity contribution is 0.0597. The van der Waals surface area contributed by atoms with Gasteiger partial charge in [-0.3, -0.25) is 9.78 Å². The van der Waals surface area contributed by atoms with Crippen molar-refractivity contribution in [3.05, 3.63) is 64.7 Å². The number of aromatic nitrogens is 1. The summed E-state index contributed by atoms with van der Waals surface area (Å²) in [7, 11) is 0. The van der Waals surface area contributed by atoms with E-state index < -0.39 is 6.10 Å². The number of amides is 1. The maximum absolute atomic E-state index is 13.0. The average molecular weight is 335 g/mol. The van der Waals surface area contributed by atoms with Crippen LogP contribution in [0.4, 0.5) is 4.39 Å². The average Bonchev–Trinajstić information content (AvgIpc) is 3.37. The molecule has 0 saturated heterocycles. The number of hydrogen-bond acceptors (Lipinski definition) is 3. The molecule has 1 amide bonds. The van der Waals surface area contributed by atoms with Crippen LogP contribution in [0, 0.1) is 5.82 Å². The lowest BCUT2D eigenvalue weighted by Crippen LogP contribution is -2.37. The van der Waals surface area contributed by atoms with Gasteiger partial charge in [0.05, 0.1) is 12.6 Å². The summed E-state index contributed by atoms with van der Waals surface area (Å²) in [5.41, 5.74) is 0.833. The van der Waals surface area contributed by atoms with Crippen LogP contribution in [0.15, 0.2) is 42.6 Å². The second kappa shape index (κ2) is 6.64. The first-order valence-corrected chi connectivity index (χ1v) is 7.78. The van der Waals surface area contributed by atoms with Gasteiger partial charge in [0.15, 0.2) is 0 Å². The molecule has 1 aliphatic rings. The fourth-order valence-corrected chi connectivity index (χ4v) is 2.59. The summed E-state index contributed by atoms with van der Waals surface area (Å²) in [6.07, 6.45) is 2.42. The Labute approximate surface area is 138 Å². The molecule has 23 heavy (non-hydrogen) atoms. The molecule has 1 aromatic carbocycles. The first-order chi connectivity index (χ1) is 11.0. The van der Waals surface area contributed by atoms with Gasteiger partial charge in [0.2, 0.25) is 0 Å². The van der Waals surface area contributed by atoms with Gasteiger partial charge in [-0.15, -0.1) is 0 Å². The van der Waals surface area contributed by atoms with Gasteiger partial charge >= 0.3 is 0 Å². The topological polar surface area (TPSA) is 53.4 Å². The number of carbonyl (C=O) groups is 1. The van der Waals surface area contributed by atoms with E-state index in [1.165, 1.54) is 36.5 Å². The number of aliphatic hydroxyl groups excluding tert-OH is 1. The minimum Gasteiger partial charge on any atom is -0.387 e. The van der Waals surface area contributed by atoms with E-state index in [1.54, 1.807) is 11.0 Å². The van der Waals surface area contributed by atoms with Crippen LogP contribution in [-0.2, 0) is 0 Å². The molecule has 0 aliphatic heterocycles. The monoisotopic (exact) mass is 334 g/mol. The Kier molecular flexibility index (Phi) is 4.59. The number of aliphatic hydroxyl groups is 1. The van der Waals surface area contributed by atoms with E-state index in [2.05, 4.69) is 4.98 Å². The van der Waals surface area contributed by atoms with E-state index in [-0.39, 0.29) is 30.0 Å². The van der Waals surface area contributed by atoms with Crippen LogP contribution in [0.1, 0.15) is 35.0 Å². The smallest absolute Gasteiger partial charge is 0.272 e. The van der Waals surface area contributed by atoms with E-state index in [9.17, 15) is 14.3 Å². The van der Waals surface area contributed by atoms with Crippen LogP contribution in [0.3, 0.4) is 0 Å². The van der Waals surface area contributed by atoms with E-state index in [0.29, 0.717) is 10.6 Å². The summed E-state index contributed by atoms with van der Waals surface area (Å²) in [4.78, 5) is 18.3. The van der Waals surface area contributed by atoms with Crippen molar-refractivity contribution in [3.8, 4) is 0 Å². The van der Waals surface area contributed by atoms with Crippen molar-refractivity contribution in [1.29, 1.82) is 0 Å². The molecule has 1 N–H and O–H groups in total. The summed E-state index contributed by atoms with van der Waals surface area (Å²) in [5.74, 6) is -0.615. The van der Waals surface area contributed by atoms with Gasteiger partial charge < -0.3 is 10.0 Å². The molecule has 4 nitrogen and oxygen atoms in total. The van der Waals surface area contributed by atoms with Gasteiger partial charge in [-0.05, 0) is 42.7 Å². The fourth-order valence-electron chi connectivity index (χ4n) is 2.43. The second-order valence-electron chi connectivity index (χ2n) is 5.62. The van der Waals surface area contributed by atoms with Crippen molar-refractivity contribution in [2.45, 2.75) is 25.0 Å². The fraction of sp³-hybridized carbons (Fsp3) is 0.294. The predicted octanol–water partition coefficient (Wildman–Crippen LogP) is 3.21. The van der Waals surface area contributed by atoms with Gasteiger partial charge in [-0.2, -0.15) is 0 Å². The number of rotatable bonds is 5. The first-order valence-electron chi connectivity index (χ1n) is 7.40. The standard InChI is InChI=1S/C17H16ClFN2O2/c18-12-7-8-20-15(9-12)17(23)21(14-5-6-14)10-16(22)11-1-3-13(19)4-2-11/h1-4,7-9,14,16,22H,5-6,10H2. The van der Waals surface area contributed by atoms with Crippen molar-refractivity contribution >= 4 is 17.5 Å². The molecule has 6 heteroatoms. The quantitative estimate of drug-likeness (QED) is 0.913. The molecule has 0 bridgehead atoms. The first kappa shape index (κ1) is 15.9. The number of carbonyl (C=O) groups excluding carboxylic acids is 1. The normalized spacial score (nSPS) is 15.3. The van der Waals surface area contributed by atoms with Crippen LogP contribution in [0.5, 0.6) is 0 Å². The minimum absolute atomic E-state index is 0.110. The van der Waals surface area contributed by atoms with Gasteiger partial charge in [0.25, 0.3) is 5.91 Å². The Bertz CT molecular complexity index is 704. The van der Waals surface area contributed by atoms with Crippen LogP contribution in [0.25, 0.3) is 0 Å². The van der Waals surface area contributed by atoms with Crippen LogP contribution in [0.2, 0.25) is 5.02 Å². The number of benzene rings is 1. The molecule has 0 spiro atoms. The Balaban J connectivity index is 1.76. The zero-order chi connectivity index (χ0) is 16.4. The van der Waals surface area contributed by atoms with Crippen molar-refractivity contribution in [2.24, 2.45) is 0 Å². The molecule has 120 valence electrons. The summed E-state index contributed by atoms with van der Waals surface area (Å²) >= 11 is 5.91. The Morgan fingerprint density at radius 1 is 1.35 bits per heavy atom. The van der Waals surface area contributed by atoms with Crippen LogP contribution < -0.4 is 0 Å². The Morgan fingerprint density at radius 3 is 2.65 bits per heavy atom. The largest absolute Gasteiger partial charge is 0.387 e. The highest BCUT2D eigenvalue weighted by atomic mass is 35.5. The summed E-state index contributed by atoms with van der Waals surface area (Å²) in [6, 6.07) is 8.86. The molecule has 1 heterocycles. The second-order valence-corrected chi connectivity index (χ2v) is 6.05. The van der Waals surface area contributed by atoms with E-state index >= 15 is 0 Å². The van der Waals surface area contributed by atoms with E-state index in [1.807, 2.05) is 0 Å². The van der Waals surface area contributed by atoms with E-state index in [4.69, 9.17) is 11.6 Å². The van der Waals surface area contributed by atoms with Crippen molar-refractivity contribution in [2.75, 3.05) is 6.54 Å². The lowest BCUT2D eigenvalue weighted by atomic mass is 10.1. The maximum Gasteiger partial charge on any atom is 0.272 e. The third-order valence-electron chi connectivity index (χ3n) is 3.81. The minimum atomic E-state index is -0.876. The molecule has 1 aliphatic carbocycles. The lowest BCUT2D eigenvalue weighted by Gasteiger charge is -2.25. The molecule has 0 radical (unpaired) electrons. The Hall–Kier alpha value is -1.98. The predicted molar refractivity (Wildman–Crippen MR) is 84.7 cm³/mol. The Morgan fingerprint density at radius 2 is 2.04 bits per heavy atom. The summed E-state index contributed by atoms with van der Waals surface area (Å²) < 4.78 is 13.0. The molecule has 1 atom stereocenters. The number of nitrogens with zero attached hydrogens (tertiary/aromatic N) is 2. The molecule has 3 rings (SSSR count). The molecule has 1 aromatic heterocycles. The summed E-state index contributed by atoms with van der Waals surface area (Å²) in [5, 5.41) is 10.8. The highest BCUT2D eigenvalue weighted by molar-refractivity contribution is 6.30. The maximum atomic E-state index is 13.0. The molecule has 2 aromatic rings. The third-order valence-corrected chi connectivity index (χ3v) is 4.05. The zero-order valence-electron chi connectivity index (χ0n) is 12.3. The van der Waals surface area contributed by atoms with Gasteiger partial charge in [0, 0.05) is 17.3 Å². The van der Waals surface area contributed by atoms with Crippen LogP contribution >= 0.6 is 11.6 Å². The van der Waals surface area contributed by atoms with Gasteiger partial charge in [-0.1, -0.05) is 23.7 Å². The van der Waals surface area contributed by atoms with Crippen molar-refractivity contribution in [3.63, 3.8) is 0 Å². The molecular formula is C17H16ClFN2O2. The van der Waals surface area contributed by atoms with Crippen LogP contribution in [-0.4, -0.2) is 33.5 Å². The number of pyridine rings is 1. The SMILES string of the molecule is O=C(c1cc(Cl)ccn1)N(CC(O)c1ccc(F)cc1)C1CC1. The number of halogens is 2. The van der Waals surface area contributed by atoms with Crippen molar-refractivity contribution in [1.82, 2.24) is 9.88 Å². The van der Waals surface area contributed by atoms with Crippen molar-refractivity contribution < 1.29 is 14.3 Å². The van der Waals surface area contributed by atoms with E-state index in [0.717, 1.165) is 12.8 Å². The molecule has 1 saturated carbocycles. The zero-order valence-corrected chi connectivity index (χ0v) is 13.1. The highest BCUT2D eigenvalue weighted by Gasteiger charge is 2.35. The summed E-state index contributed by atoms with van der Waals surface area (Å²) in [6.45, 7) is 0.142. The molecular weight excluding hydrogens is 319 g/mol. The third kappa shape index (κ3) is 3.86. The van der Waals surface area contributed by atoms with Gasteiger partial charge in [0.1, 0.15) is 11.5 Å². The molecule has 1 fully saturated rings. The van der Waals surface area contributed by atoms with Gasteiger partial charge in [-0.25, -0.2) is 4.39 Å². The highest BCUT2D eigenvalue weighted by Crippen LogP contribution is 2.30.